The number of ether oxygens (including phenoxy) is 1. The summed E-state index contributed by atoms with van der Waals surface area (Å²) in [5.74, 6) is -1.26. The predicted molar refractivity (Wildman–Crippen MR) is 72.4 cm³/mol. The highest BCUT2D eigenvalue weighted by molar-refractivity contribution is 6.42. The first kappa shape index (κ1) is 14.8. The standard InChI is InChI=1S/C11H4Cl3FN2O3/c12-6-4-7(13)11(16-10(6)14)20-9-3-5(15)1-2-8(9)17(18)19/h1-4H. The summed E-state index contributed by atoms with van der Waals surface area (Å²) in [5, 5.41) is 10.8. The normalized spacial score (nSPS) is 10.4. The average molecular weight is 338 g/mol. The molecule has 0 bridgehead atoms. The Kier molecular flexibility index (Phi) is 4.27. The van der Waals surface area contributed by atoms with Crippen LogP contribution in [0.2, 0.25) is 15.2 Å². The molecule has 1 heterocycles. The third-order valence-electron chi connectivity index (χ3n) is 2.18. The molecule has 0 N–H and O–H groups in total. The van der Waals surface area contributed by atoms with Crippen molar-refractivity contribution in [2.24, 2.45) is 0 Å². The summed E-state index contributed by atoms with van der Waals surface area (Å²) >= 11 is 17.2. The summed E-state index contributed by atoms with van der Waals surface area (Å²) in [6, 6.07) is 4.02. The molecule has 2 aromatic rings. The zero-order valence-electron chi connectivity index (χ0n) is 9.44. The lowest BCUT2D eigenvalue weighted by atomic mass is 10.3. The van der Waals surface area contributed by atoms with Crippen LogP contribution in [0.25, 0.3) is 0 Å². The monoisotopic (exact) mass is 336 g/mol. The second kappa shape index (κ2) is 5.78. The minimum absolute atomic E-state index is 0.0158. The molecule has 0 aliphatic carbocycles. The van der Waals surface area contributed by atoms with E-state index in [1.165, 1.54) is 6.07 Å². The van der Waals surface area contributed by atoms with Gasteiger partial charge in [0.25, 0.3) is 0 Å². The summed E-state index contributed by atoms with van der Waals surface area (Å²) in [7, 11) is 0. The Balaban J connectivity index is 2.47. The SMILES string of the molecule is O=[N+]([O-])c1ccc(F)cc1Oc1nc(Cl)c(Cl)cc1Cl. The number of aromatic nitrogens is 1. The highest BCUT2D eigenvalue weighted by atomic mass is 35.5. The number of nitro benzene ring substituents is 1. The molecule has 0 atom stereocenters. The molecule has 104 valence electrons. The molecule has 0 aliphatic rings. The fourth-order valence-electron chi connectivity index (χ4n) is 1.32. The molecule has 0 spiro atoms. The maximum Gasteiger partial charge on any atom is 0.311 e. The molecular formula is C11H4Cl3FN2O3. The molecule has 5 nitrogen and oxygen atoms in total. The molecule has 0 amide bonds. The smallest absolute Gasteiger partial charge is 0.311 e. The van der Waals surface area contributed by atoms with Crippen LogP contribution in [0.5, 0.6) is 11.6 Å². The number of hydrogen-bond acceptors (Lipinski definition) is 4. The second-order valence-electron chi connectivity index (χ2n) is 3.52. The Labute approximate surface area is 127 Å². The molecule has 9 heteroatoms. The third-order valence-corrected chi connectivity index (χ3v) is 3.12. The molecule has 1 aromatic heterocycles. The topological polar surface area (TPSA) is 65.3 Å². The van der Waals surface area contributed by atoms with Crippen molar-refractivity contribution in [3.05, 3.63) is 55.4 Å². The highest BCUT2D eigenvalue weighted by Crippen LogP contribution is 2.36. The van der Waals surface area contributed by atoms with E-state index in [-0.39, 0.29) is 26.8 Å². The van der Waals surface area contributed by atoms with Crippen molar-refractivity contribution < 1.29 is 14.1 Å². The van der Waals surface area contributed by atoms with Gasteiger partial charge in [0.1, 0.15) is 10.8 Å². The Morgan fingerprint density at radius 2 is 1.90 bits per heavy atom. The first-order valence-corrected chi connectivity index (χ1v) is 6.15. The molecule has 20 heavy (non-hydrogen) atoms. The molecule has 0 saturated carbocycles. The minimum atomic E-state index is -0.722. The van der Waals surface area contributed by atoms with Crippen molar-refractivity contribution in [1.29, 1.82) is 0 Å². The van der Waals surface area contributed by atoms with Gasteiger partial charge in [0, 0.05) is 12.1 Å². The zero-order valence-corrected chi connectivity index (χ0v) is 11.7. The molecule has 0 saturated heterocycles. The van der Waals surface area contributed by atoms with Gasteiger partial charge in [0.05, 0.1) is 9.95 Å². The van der Waals surface area contributed by atoms with Gasteiger partial charge in [0.15, 0.2) is 5.15 Å². The van der Waals surface area contributed by atoms with Gasteiger partial charge in [-0.05, 0) is 12.1 Å². The molecule has 0 unspecified atom stereocenters. The van der Waals surface area contributed by atoms with Crippen LogP contribution in [-0.2, 0) is 0 Å². The van der Waals surface area contributed by atoms with E-state index in [1.54, 1.807) is 0 Å². The molecule has 0 aliphatic heterocycles. The zero-order chi connectivity index (χ0) is 14.9. The van der Waals surface area contributed by atoms with E-state index in [1.807, 2.05) is 0 Å². The summed E-state index contributed by atoms with van der Waals surface area (Å²) in [6.07, 6.45) is 0. The molecule has 2 rings (SSSR count). The molecule has 1 aromatic carbocycles. The maximum atomic E-state index is 13.2. The third kappa shape index (κ3) is 3.09. The van der Waals surface area contributed by atoms with Gasteiger partial charge in [-0.25, -0.2) is 4.39 Å². The Hall–Kier alpha value is -1.63. The number of pyridine rings is 1. The van der Waals surface area contributed by atoms with Crippen LogP contribution in [0, 0.1) is 15.9 Å². The van der Waals surface area contributed by atoms with Crippen LogP contribution in [0.1, 0.15) is 0 Å². The maximum absolute atomic E-state index is 13.2. The van der Waals surface area contributed by atoms with Crippen LogP contribution in [-0.4, -0.2) is 9.91 Å². The van der Waals surface area contributed by atoms with Gasteiger partial charge < -0.3 is 4.74 Å². The van der Waals surface area contributed by atoms with Gasteiger partial charge in [-0.2, -0.15) is 4.98 Å². The van der Waals surface area contributed by atoms with Gasteiger partial charge in [-0.3, -0.25) is 10.1 Å². The fourth-order valence-corrected chi connectivity index (χ4v) is 1.85. The quantitative estimate of drug-likeness (QED) is 0.455. The van der Waals surface area contributed by atoms with E-state index in [2.05, 4.69) is 4.98 Å². The summed E-state index contributed by atoms with van der Waals surface area (Å²) in [6.45, 7) is 0. The average Bonchev–Trinajstić information content (AvgIpc) is 2.35. The summed E-state index contributed by atoms with van der Waals surface area (Å²) in [4.78, 5) is 13.8. The Bertz CT molecular complexity index is 697. The van der Waals surface area contributed by atoms with Crippen molar-refractivity contribution in [1.82, 2.24) is 4.98 Å². The lowest BCUT2D eigenvalue weighted by molar-refractivity contribution is -0.385. The van der Waals surface area contributed by atoms with E-state index in [0.717, 1.165) is 18.2 Å². The largest absolute Gasteiger partial charge is 0.430 e. The number of hydrogen-bond donors (Lipinski definition) is 0. The molecule has 0 radical (unpaired) electrons. The van der Waals surface area contributed by atoms with Crippen molar-refractivity contribution in [2.45, 2.75) is 0 Å². The minimum Gasteiger partial charge on any atom is -0.430 e. The van der Waals surface area contributed by atoms with Crippen molar-refractivity contribution >= 4 is 40.5 Å². The first-order valence-electron chi connectivity index (χ1n) is 5.02. The van der Waals surface area contributed by atoms with Gasteiger partial charge in [-0.15, -0.1) is 0 Å². The van der Waals surface area contributed by atoms with Gasteiger partial charge in [-0.1, -0.05) is 34.8 Å². The van der Waals surface area contributed by atoms with E-state index in [4.69, 9.17) is 39.5 Å². The van der Waals surface area contributed by atoms with Crippen LogP contribution in [0.15, 0.2) is 24.3 Å². The lowest BCUT2D eigenvalue weighted by Gasteiger charge is -2.08. The summed E-state index contributed by atoms with van der Waals surface area (Å²) < 4.78 is 18.3. The van der Waals surface area contributed by atoms with Gasteiger partial charge in [0.2, 0.25) is 11.6 Å². The predicted octanol–water partition coefficient (Wildman–Crippen LogP) is 4.88. The van der Waals surface area contributed by atoms with E-state index in [9.17, 15) is 14.5 Å². The summed E-state index contributed by atoms with van der Waals surface area (Å²) in [5.41, 5.74) is -0.435. The van der Waals surface area contributed by atoms with E-state index < -0.39 is 16.4 Å². The highest BCUT2D eigenvalue weighted by Gasteiger charge is 2.19. The van der Waals surface area contributed by atoms with Crippen LogP contribution >= 0.6 is 34.8 Å². The van der Waals surface area contributed by atoms with Crippen molar-refractivity contribution in [3.63, 3.8) is 0 Å². The number of nitrogens with zero attached hydrogens (tertiary/aromatic N) is 2. The second-order valence-corrected chi connectivity index (χ2v) is 4.69. The van der Waals surface area contributed by atoms with Gasteiger partial charge >= 0.3 is 5.69 Å². The van der Waals surface area contributed by atoms with E-state index in [0.29, 0.717) is 0 Å². The first-order chi connectivity index (χ1) is 9.38. The Morgan fingerprint density at radius 1 is 1.20 bits per heavy atom. The lowest BCUT2D eigenvalue weighted by Crippen LogP contribution is -1.96. The number of halogens is 4. The molecular weight excluding hydrogens is 333 g/mol. The van der Waals surface area contributed by atoms with Crippen LogP contribution in [0.4, 0.5) is 10.1 Å². The van der Waals surface area contributed by atoms with E-state index >= 15 is 0 Å². The number of rotatable bonds is 3. The fraction of sp³-hybridized carbons (Fsp3) is 0. The Morgan fingerprint density at radius 3 is 2.55 bits per heavy atom. The van der Waals surface area contributed by atoms with Crippen LogP contribution in [0.3, 0.4) is 0 Å². The number of nitro groups is 1. The number of benzene rings is 1. The van der Waals surface area contributed by atoms with Crippen LogP contribution < -0.4 is 4.74 Å². The van der Waals surface area contributed by atoms with Crippen molar-refractivity contribution in [2.75, 3.05) is 0 Å². The molecule has 0 fully saturated rings. The van der Waals surface area contributed by atoms with Crippen molar-refractivity contribution in [3.8, 4) is 11.6 Å².